The van der Waals surface area contributed by atoms with Gasteiger partial charge in [-0.05, 0) is 31.4 Å². The number of amides is 1. The summed E-state index contributed by atoms with van der Waals surface area (Å²) in [7, 11) is 0. The minimum absolute atomic E-state index is 0.0829. The maximum Gasteiger partial charge on any atom is 0.224 e. The lowest BCUT2D eigenvalue weighted by molar-refractivity contribution is -0.120. The smallest absolute Gasteiger partial charge is 0.224 e. The SMILES string of the molecule is O=C(CC1=CCCC1)NCc1ccco1. The summed E-state index contributed by atoms with van der Waals surface area (Å²) in [5, 5.41) is 2.84. The van der Waals surface area contributed by atoms with Crippen molar-refractivity contribution >= 4 is 5.91 Å². The molecular weight excluding hydrogens is 190 g/mol. The van der Waals surface area contributed by atoms with Crippen LogP contribution in [0.25, 0.3) is 0 Å². The number of furan rings is 1. The van der Waals surface area contributed by atoms with Crippen molar-refractivity contribution in [3.8, 4) is 0 Å². The van der Waals surface area contributed by atoms with E-state index in [2.05, 4.69) is 11.4 Å². The summed E-state index contributed by atoms with van der Waals surface area (Å²) in [5.41, 5.74) is 1.27. The number of rotatable bonds is 4. The van der Waals surface area contributed by atoms with E-state index in [1.807, 2.05) is 12.1 Å². The average molecular weight is 205 g/mol. The van der Waals surface area contributed by atoms with E-state index >= 15 is 0 Å². The number of carbonyl (C=O) groups is 1. The van der Waals surface area contributed by atoms with Crippen LogP contribution in [0.5, 0.6) is 0 Å². The van der Waals surface area contributed by atoms with Crippen LogP contribution in [0.3, 0.4) is 0 Å². The van der Waals surface area contributed by atoms with Crippen LogP contribution in [0.15, 0.2) is 34.5 Å². The maximum absolute atomic E-state index is 11.5. The Hall–Kier alpha value is -1.51. The maximum atomic E-state index is 11.5. The topological polar surface area (TPSA) is 42.2 Å². The van der Waals surface area contributed by atoms with Gasteiger partial charge in [-0.3, -0.25) is 4.79 Å². The Bertz CT molecular complexity index is 352. The van der Waals surface area contributed by atoms with Crippen LogP contribution in [-0.4, -0.2) is 5.91 Å². The van der Waals surface area contributed by atoms with Gasteiger partial charge < -0.3 is 9.73 Å². The van der Waals surface area contributed by atoms with Crippen LogP contribution < -0.4 is 5.32 Å². The van der Waals surface area contributed by atoms with E-state index < -0.39 is 0 Å². The van der Waals surface area contributed by atoms with Crippen molar-refractivity contribution in [1.29, 1.82) is 0 Å². The fraction of sp³-hybridized carbons (Fsp3) is 0.417. The van der Waals surface area contributed by atoms with Crippen molar-refractivity contribution in [1.82, 2.24) is 5.32 Å². The Balaban J connectivity index is 1.73. The highest BCUT2D eigenvalue weighted by Gasteiger charge is 2.09. The second kappa shape index (κ2) is 4.82. The Morgan fingerprint density at radius 3 is 3.13 bits per heavy atom. The zero-order chi connectivity index (χ0) is 10.5. The van der Waals surface area contributed by atoms with Crippen LogP contribution in [-0.2, 0) is 11.3 Å². The van der Waals surface area contributed by atoms with E-state index in [9.17, 15) is 4.79 Å². The first kappa shape index (κ1) is 10.0. The van der Waals surface area contributed by atoms with Gasteiger partial charge in [-0.2, -0.15) is 0 Å². The lowest BCUT2D eigenvalue weighted by Gasteiger charge is -2.03. The molecule has 0 bridgehead atoms. The van der Waals surface area contributed by atoms with E-state index in [1.165, 1.54) is 12.0 Å². The third-order valence-electron chi connectivity index (χ3n) is 2.56. The molecule has 0 unspecified atom stereocenters. The molecule has 0 radical (unpaired) electrons. The number of allylic oxidation sites excluding steroid dienone is 1. The molecule has 1 aliphatic rings. The molecule has 15 heavy (non-hydrogen) atoms. The summed E-state index contributed by atoms with van der Waals surface area (Å²) in [4.78, 5) is 11.5. The Labute approximate surface area is 89.2 Å². The zero-order valence-corrected chi connectivity index (χ0v) is 8.66. The van der Waals surface area contributed by atoms with Crippen molar-refractivity contribution in [3.05, 3.63) is 35.8 Å². The molecule has 0 spiro atoms. The third-order valence-corrected chi connectivity index (χ3v) is 2.56. The molecular formula is C12H15NO2. The van der Waals surface area contributed by atoms with Crippen LogP contribution in [0.1, 0.15) is 31.4 Å². The predicted molar refractivity (Wildman–Crippen MR) is 57.1 cm³/mol. The summed E-state index contributed by atoms with van der Waals surface area (Å²) in [5.74, 6) is 0.878. The van der Waals surface area contributed by atoms with Gasteiger partial charge >= 0.3 is 0 Å². The Morgan fingerprint density at radius 2 is 2.47 bits per heavy atom. The average Bonchev–Trinajstić information content (AvgIpc) is 2.86. The quantitative estimate of drug-likeness (QED) is 0.767. The minimum atomic E-state index is 0.0829. The summed E-state index contributed by atoms with van der Waals surface area (Å²) in [6.45, 7) is 0.485. The van der Waals surface area contributed by atoms with Crippen molar-refractivity contribution < 1.29 is 9.21 Å². The standard InChI is InChI=1S/C12H15NO2/c14-12(8-10-4-1-2-5-10)13-9-11-6-3-7-15-11/h3-4,6-7H,1-2,5,8-9H2,(H,13,14). The molecule has 1 aliphatic carbocycles. The molecule has 1 N–H and O–H groups in total. The van der Waals surface area contributed by atoms with Gasteiger partial charge in [0.25, 0.3) is 0 Å². The van der Waals surface area contributed by atoms with E-state index in [-0.39, 0.29) is 5.91 Å². The third kappa shape index (κ3) is 2.98. The van der Waals surface area contributed by atoms with Crippen molar-refractivity contribution in [2.24, 2.45) is 0 Å². The lowest BCUT2D eigenvalue weighted by Crippen LogP contribution is -2.22. The molecule has 1 amide bonds. The van der Waals surface area contributed by atoms with Gasteiger partial charge in [0.2, 0.25) is 5.91 Å². The van der Waals surface area contributed by atoms with Gasteiger partial charge in [-0.15, -0.1) is 0 Å². The molecule has 3 nitrogen and oxygen atoms in total. The van der Waals surface area contributed by atoms with Crippen molar-refractivity contribution in [3.63, 3.8) is 0 Å². The highest BCUT2D eigenvalue weighted by molar-refractivity contribution is 5.78. The summed E-state index contributed by atoms with van der Waals surface area (Å²) >= 11 is 0. The monoisotopic (exact) mass is 205 g/mol. The highest BCUT2D eigenvalue weighted by Crippen LogP contribution is 2.20. The van der Waals surface area contributed by atoms with E-state index in [0.717, 1.165) is 18.6 Å². The van der Waals surface area contributed by atoms with Crippen LogP contribution in [0, 0.1) is 0 Å². The van der Waals surface area contributed by atoms with Gasteiger partial charge in [0.05, 0.1) is 12.8 Å². The first-order chi connectivity index (χ1) is 7.34. The number of carbonyl (C=O) groups excluding carboxylic acids is 1. The molecule has 3 heteroatoms. The molecule has 1 aromatic heterocycles. The summed E-state index contributed by atoms with van der Waals surface area (Å²) in [6, 6.07) is 3.68. The van der Waals surface area contributed by atoms with Crippen molar-refractivity contribution in [2.45, 2.75) is 32.2 Å². The molecule has 0 aliphatic heterocycles. The lowest BCUT2D eigenvalue weighted by atomic mass is 10.1. The first-order valence-electron chi connectivity index (χ1n) is 5.31. The Morgan fingerprint density at radius 1 is 1.53 bits per heavy atom. The zero-order valence-electron chi connectivity index (χ0n) is 8.66. The van der Waals surface area contributed by atoms with Gasteiger partial charge in [-0.1, -0.05) is 11.6 Å². The fourth-order valence-electron chi connectivity index (χ4n) is 1.77. The first-order valence-corrected chi connectivity index (χ1v) is 5.31. The molecule has 1 aromatic rings. The second-order valence-corrected chi connectivity index (χ2v) is 3.79. The van der Waals surface area contributed by atoms with Gasteiger partial charge in [0.15, 0.2) is 0 Å². The summed E-state index contributed by atoms with van der Waals surface area (Å²) in [6.07, 6.45) is 7.73. The molecule has 1 heterocycles. The highest BCUT2D eigenvalue weighted by atomic mass is 16.3. The normalized spacial score (nSPS) is 15.1. The van der Waals surface area contributed by atoms with Gasteiger partial charge in [0, 0.05) is 6.42 Å². The molecule has 0 atom stereocenters. The molecule has 0 aromatic carbocycles. The predicted octanol–water partition coefficient (Wildman–Crippen LogP) is 2.40. The summed E-state index contributed by atoms with van der Waals surface area (Å²) < 4.78 is 5.12. The second-order valence-electron chi connectivity index (χ2n) is 3.79. The fourth-order valence-corrected chi connectivity index (χ4v) is 1.77. The van der Waals surface area contributed by atoms with Crippen LogP contribution >= 0.6 is 0 Å². The number of hydrogen-bond donors (Lipinski definition) is 1. The van der Waals surface area contributed by atoms with Crippen molar-refractivity contribution in [2.75, 3.05) is 0 Å². The van der Waals surface area contributed by atoms with E-state index in [0.29, 0.717) is 13.0 Å². The Kier molecular flexibility index (Phi) is 3.22. The van der Waals surface area contributed by atoms with Gasteiger partial charge in [-0.25, -0.2) is 0 Å². The number of nitrogens with one attached hydrogen (secondary N) is 1. The minimum Gasteiger partial charge on any atom is -0.467 e. The largest absolute Gasteiger partial charge is 0.467 e. The van der Waals surface area contributed by atoms with Crippen LogP contribution in [0.2, 0.25) is 0 Å². The molecule has 2 rings (SSSR count). The molecule has 80 valence electrons. The molecule has 0 saturated carbocycles. The number of hydrogen-bond acceptors (Lipinski definition) is 2. The molecule has 0 fully saturated rings. The van der Waals surface area contributed by atoms with Gasteiger partial charge in [0.1, 0.15) is 5.76 Å². The van der Waals surface area contributed by atoms with E-state index in [1.54, 1.807) is 6.26 Å². The van der Waals surface area contributed by atoms with E-state index in [4.69, 9.17) is 4.42 Å². The molecule has 0 saturated heterocycles. The van der Waals surface area contributed by atoms with Crippen LogP contribution in [0.4, 0.5) is 0 Å².